The first kappa shape index (κ1) is 22.2. The van der Waals surface area contributed by atoms with Crippen molar-refractivity contribution in [2.45, 2.75) is 18.8 Å². The van der Waals surface area contributed by atoms with Crippen LogP contribution in [0.4, 0.5) is 19.0 Å². The topological polar surface area (TPSA) is 102 Å². The van der Waals surface area contributed by atoms with Gasteiger partial charge in [0.15, 0.2) is 0 Å². The highest BCUT2D eigenvalue weighted by molar-refractivity contribution is 5.98. The number of hydrogen-bond donors (Lipinski definition) is 1. The van der Waals surface area contributed by atoms with Crippen LogP contribution in [-0.2, 0) is 11.8 Å². The Bertz CT molecular complexity index is 1270. The first-order valence-electron chi connectivity index (χ1n) is 9.90. The van der Waals surface area contributed by atoms with Gasteiger partial charge in [-0.3, -0.25) is 14.6 Å². The van der Waals surface area contributed by atoms with Crippen LogP contribution in [-0.4, -0.2) is 55.8 Å². The molecule has 1 fully saturated rings. The first-order valence-corrected chi connectivity index (χ1v) is 9.90. The number of alkyl halides is 3. The van der Waals surface area contributed by atoms with Crippen molar-refractivity contribution in [1.82, 2.24) is 24.4 Å². The van der Waals surface area contributed by atoms with Crippen LogP contribution in [0, 0.1) is 0 Å². The average Bonchev–Trinajstić information content (AvgIpc) is 3.24. The maximum absolute atomic E-state index is 12.9. The molecule has 1 unspecified atom stereocenters. The summed E-state index contributed by atoms with van der Waals surface area (Å²) in [6.45, 7) is 4.47. The lowest BCUT2D eigenvalue weighted by Crippen LogP contribution is -2.30. The molecule has 1 amide bonds. The number of aromatic nitrogens is 4. The number of hydrogen-bond acceptors (Lipinski definition) is 7. The number of aryl methyl sites for hydroxylation is 1. The van der Waals surface area contributed by atoms with Gasteiger partial charge in [-0.25, -0.2) is 9.97 Å². The van der Waals surface area contributed by atoms with E-state index in [1.165, 1.54) is 29.2 Å². The van der Waals surface area contributed by atoms with Crippen LogP contribution in [0.15, 0.2) is 48.3 Å². The molecule has 1 aliphatic heterocycles. The Kier molecular flexibility index (Phi) is 5.75. The normalized spacial score (nSPS) is 16.1. The lowest BCUT2D eigenvalue weighted by Gasteiger charge is -2.17. The predicted molar refractivity (Wildman–Crippen MR) is 113 cm³/mol. The third-order valence-corrected chi connectivity index (χ3v) is 5.21. The van der Waals surface area contributed by atoms with E-state index in [0.717, 1.165) is 12.3 Å². The second-order valence-corrected chi connectivity index (χ2v) is 7.45. The molecular weight excluding hydrogens is 441 g/mol. The van der Waals surface area contributed by atoms with Crippen LogP contribution >= 0.6 is 0 Å². The molecule has 3 aromatic heterocycles. The number of ether oxygens (including phenoxy) is 1. The Hall–Kier alpha value is -3.96. The van der Waals surface area contributed by atoms with Crippen molar-refractivity contribution < 1.29 is 22.7 Å². The summed E-state index contributed by atoms with van der Waals surface area (Å²) < 4.78 is 42.4. The lowest BCUT2D eigenvalue weighted by molar-refractivity contribution is -0.274. The minimum Gasteiger partial charge on any atom is -0.404 e. The molecule has 1 aliphatic rings. The summed E-state index contributed by atoms with van der Waals surface area (Å²) in [6.07, 6.45) is 0.816. The summed E-state index contributed by atoms with van der Waals surface area (Å²) in [5.74, 6) is -0.336. The highest BCUT2D eigenvalue weighted by Crippen LogP contribution is 2.30. The molecule has 12 heteroatoms. The Morgan fingerprint density at radius 1 is 1.27 bits per heavy atom. The van der Waals surface area contributed by atoms with Crippen molar-refractivity contribution in [3.05, 3.63) is 53.9 Å². The minimum atomic E-state index is -4.83. The van der Waals surface area contributed by atoms with Gasteiger partial charge in [-0.05, 0) is 24.6 Å². The molecule has 0 aromatic carbocycles. The Morgan fingerprint density at radius 2 is 2.06 bits per heavy atom. The number of halogens is 3. The van der Waals surface area contributed by atoms with E-state index in [2.05, 4.69) is 31.6 Å². The summed E-state index contributed by atoms with van der Waals surface area (Å²) in [7, 11) is 1.55. The highest BCUT2D eigenvalue weighted by Gasteiger charge is 2.31. The molecule has 33 heavy (non-hydrogen) atoms. The highest BCUT2D eigenvalue weighted by atomic mass is 19.4. The average molecular weight is 460 g/mol. The molecule has 0 radical (unpaired) electrons. The third-order valence-electron chi connectivity index (χ3n) is 5.21. The monoisotopic (exact) mass is 460 g/mol. The van der Waals surface area contributed by atoms with Crippen molar-refractivity contribution in [2.24, 2.45) is 7.05 Å². The van der Waals surface area contributed by atoms with E-state index in [4.69, 9.17) is 0 Å². The summed E-state index contributed by atoms with van der Waals surface area (Å²) in [5.41, 5.74) is 0.593. The molecule has 1 saturated heterocycles. The molecule has 172 valence electrons. The van der Waals surface area contributed by atoms with E-state index < -0.39 is 12.1 Å². The van der Waals surface area contributed by atoms with Crippen LogP contribution in [0.3, 0.4) is 0 Å². The Labute approximate surface area is 185 Å². The summed E-state index contributed by atoms with van der Waals surface area (Å²) in [6, 6.07) is 2.33. The first-order chi connectivity index (χ1) is 15.7. The maximum Gasteiger partial charge on any atom is 0.573 e. The number of anilines is 1. The Balaban J connectivity index is 1.70. The number of fused-ring (bicyclic) bond motifs is 1. The maximum atomic E-state index is 12.9. The smallest absolute Gasteiger partial charge is 0.404 e. The Morgan fingerprint density at radius 3 is 2.73 bits per heavy atom. The van der Waals surface area contributed by atoms with Crippen molar-refractivity contribution in [2.75, 3.05) is 18.4 Å². The molecule has 1 atom stereocenters. The molecule has 0 spiro atoms. The van der Waals surface area contributed by atoms with Gasteiger partial charge in [0.1, 0.15) is 17.0 Å². The molecule has 4 rings (SSSR count). The fourth-order valence-electron chi connectivity index (χ4n) is 3.64. The molecule has 4 heterocycles. The number of carbonyl (C=O) groups is 1. The number of rotatable bonds is 5. The number of nitrogens with one attached hydrogen (secondary N) is 1. The van der Waals surface area contributed by atoms with Gasteiger partial charge >= 0.3 is 6.36 Å². The van der Waals surface area contributed by atoms with Gasteiger partial charge in [0.2, 0.25) is 5.91 Å². The van der Waals surface area contributed by atoms with Crippen LogP contribution in [0.2, 0.25) is 0 Å². The van der Waals surface area contributed by atoms with Gasteiger partial charge in [-0.1, -0.05) is 6.58 Å². The van der Waals surface area contributed by atoms with Crippen molar-refractivity contribution >= 4 is 22.6 Å². The van der Waals surface area contributed by atoms with Gasteiger partial charge in [0.25, 0.3) is 5.56 Å². The number of carbonyl (C=O) groups excluding carboxylic acids is 1. The van der Waals surface area contributed by atoms with E-state index in [1.807, 2.05) is 0 Å². The summed E-state index contributed by atoms with van der Waals surface area (Å²) in [5, 5.41) is 3.43. The second-order valence-electron chi connectivity index (χ2n) is 7.45. The fourth-order valence-corrected chi connectivity index (χ4v) is 3.64. The third kappa shape index (κ3) is 4.64. The van der Waals surface area contributed by atoms with Crippen molar-refractivity contribution in [3.8, 4) is 17.0 Å². The molecular formula is C21H19F3N6O3. The van der Waals surface area contributed by atoms with Gasteiger partial charge < -0.3 is 19.5 Å². The lowest BCUT2D eigenvalue weighted by atomic mass is 10.1. The zero-order chi connectivity index (χ0) is 23.8. The fraction of sp³-hybridized carbons (Fsp3) is 0.286. The zero-order valence-corrected chi connectivity index (χ0v) is 17.5. The van der Waals surface area contributed by atoms with E-state index in [1.54, 1.807) is 11.9 Å². The van der Waals surface area contributed by atoms with Gasteiger partial charge in [0, 0.05) is 37.9 Å². The van der Waals surface area contributed by atoms with Gasteiger partial charge in [-0.15, -0.1) is 13.2 Å². The van der Waals surface area contributed by atoms with Gasteiger partial charge in [-0.2, -0.15) is 0 Å². The molecule has 9 nitrogen and oxygen atoms in total. The van der Waals surface area contributed by atoms with E-state index in [-0.39, 0.29) is 28.6 Å². The SMILES string of the molecule is C=CC(=O)N1CCC(Nc2ncc(-c3ccc(OC(F)(F)F)cn3)c3ncn(C)c(=O)c23)C1. The van der Waals surface area contributed by atoms with E-state index in [9.17, 15) is 22.8 Å². The summed E-state index contributed by atoms with van der Waals surface area (Å²) in [4.78, 5) is 39.2. The molecule has 0 aliphatic carbocycles. The summed E-state index contributed by atoms with van der Waals surface area (Å²) >= 11 is 0. The van der Waals surface area contributed by atoms with Crippen LogP contribution in [0.25, 0.3) is 22.2 Å². The molecule has 3 aromatic rings. The zero-order valence-electron chi connectivity index (χ0n) is 17.5. The molecule has 0 bridgehead atoms. The largest absolute Gasteiger partial charge is 0.573 e. The van der Waals surface area contributed by atoms with Crippen LogP contribution < -0.4 is 15.6 Å². The minimum absolute atomic E-state index is 0.128. The van der Waals surface area contributed by atoms with Crippen LogP contribution in [0.5, 0.6) is 5.75 Å². The van der Waals surface area contributed by atoms with E-state index >= 15 is 0 Å². The standard InChI is InChI=1S/C21H19F3N6O3/c1-3-16(31)30-7-6-12(10-30)28-19-17-18(27-11-29(2)20(17)32)14(9-26-19)15-5-4-13(8-25-15)33-21(22,23)24/h3-5,8-9,11-12H,1,6-7,10H2,2H3,(H,26,28). The number of pyridine rings is 2. The molecule has 0 saturated carbocycles. The predicted octanol–water partition coefficient (Wildman–Crippen LogP) is 2.49. The van der Waals surface area contributed by atoms with Crippen molar-refractivity contribution in [1.29, 1.82) is 0 Å². The second kappa shape index (κ2) is 8.52. The van der Waals surface area contributed by atoms with Gasteiger partial charge in [0.05, 0.1) is 23.7 Å². The van der Waals surface area contributed by atoms with E-state index in [0.29, 0.717) is 36.4 Å². The van der Waals surface area contributed by atoms with Crippen LogP contribution in [0.1, 0.15) is 6.42 Å². The number of nitrogens with zero attached hydrogens (tertiary/aromatic N) is 5. The molecule has 1 N–H and O–H groups in total. The number of amides is 1. The quantitative estimate of drug-likeness (QED) is 0.584. The van der Waals surface area contributed by atoms with Crippen molar-refractivity contribution in [3.63, 3.8) is 0 Å². The number of likely N-dealkylation sites (tertiary alicyclic amines) is 1.